The van der Waals surface area contributed by atoms with Gasteiger partial charge in [-0.15, -0.1) is 0 Å². The smallest absolute Gasteiger partial charge is 0.376 e. The van der Waals surface area contributed by atoms with Gasteiger partial charge in [0.05, 0.1) is 37.2 Å². The number of alkyl halides is 21. The molecule has 2 aliphatic heterocycles. The van der Waals surface area contributed by atoms with Crippen molar-refractivity contribution in [2.24, 2.45) is 0 Å². The molecule has 127 heavy (non-hydrogen) atoms. The highest BCUT2D eigenvalue weighted by Gasteiger charge is 2.73. The van der Waals surface area contributed by atoms with Crippen molar-refractivity contribution in [1.29, 1.82) is 0 Å². The second-order valence-corrected chi connectivity index (χ2v) is 29.2. The number of halogens is 21. The van der Waals surface area contributed by atoms with E-state index < -0.39 is 93.4 Å². The second-order valence-electron chi connectivity index (χ2n) is 29.2. The number of rotatable bonds is 18. The Hall–Kier alpha value is -12.7. The first kappa shape index (κ1) is 98.1. The minimum atomic E-state index is -5.98. The number of aromatic nitrogens is 2. The number of nitrogens with one attached hydrogen (secondary N) is 4. The van der Waals surface area contributed by atoms with E-state index in [9.17, 15) is 151 Å². The van der Waals surface area contributed by atoms with Crippen molar-refractivity contribution >= 4 is 91.4 Å². The van der Waals surface area contributed by atoms with Gasteiger partial charge in [-0.05, 0) is 144 Å². The van der Waals surface area contributed by atoms with Gasteiger partial charge in [0.25, 0.3) is 27.9 Å². The quantitative estimate of drug-likeness (QED) is 0.0371. The van der Waals surface area contributed by atoms with Crippen LogP contribution in [0.3, 0.4) is 0 Å². The summed E-state index contributed by atoms with van der Waals surface area (Å²) in [6, 6.07) is 39.6. The molecule has 2 aliphatic rings. The average Bonchev–Trinajstić information content (AvgIpc) is 0.750. The van der Waals surface area contributed by atoms with Crippen LogP contribution in [0.5, 0.6) is 0 Å². The van der Waals surface area contributed by atoms with Gasteiger partial charge in [-0.1, -0.05) is 97.1 Å². The van der Waals surface area contributed by atoms with Gasteiger partial charge in [-0.2, -0.15) is 92.2 Å². The van der Waals surface area contributed by atoms with Crippen molar-refractivity contribution in [2.45, 2.75) is 145 Å². The molecule has 0 bridgehead atoms. The van der Waals surface area contributed by atoms with Gasteiger partial charge in [0.1, 0.15) is 6.61 Å². The molecule has 8 N–H and O–H groups in total. The Morgan fingerprint density at radius 1 is 0.339 bits per heavy atom. The maximum atomic E-state index is 13.0. The third-order valence-electron chi connectivity index (χ3n) is 20.1. The first-order valence-electron chi connectivity index (χ1n) is 37.2. The Bertz CT molecular complexity index is 5620. The molecule has 4 heterocycles. The van der Waals surface area contributed by atoms with Gasteiger partial charge < -0.3 is 65.4 Å². The Morgan fingerprint density at radius 3 is 0.898 bits per heavy atom. The van der Waals surface area contributed by atoms with Crippen LogP contribution in [0.2, 0.25) is 0 Å². The monoisotopic (exact) mass is 1810 g/mol. The third kappa shape index (κ3) is 21.9. The van der Waals surface area contributed by atoms with E-state index >= 15 is 0 Å². The summed E-state index contributed by atoms with van der Waals surface area (Å²) in [5, 5.41) is 49.9. The average molecular weight is 1810 g/mol. The van der Waals surface area contributed by atoms with Crippen molar-refractivity contribution in [2.75, 3.05) is 44.8 Å². The number of carbonyl (C=O) groups excluding carboxylic acids is 6. The number of fused-ring (bicyclic) bond motifs is 4. The molecule has 8 aromatic carbocycles. The van der Waals surface area contributed by atoms with E-state index in [1.165, 1.54) is 90.4 Å². The van der Waals surface area contributed by atoms with Crippen LogP contribution in [0.25, 0.3) is 21.8 Å². The lowest BCUT2D eigenvalue weighted by Crippen LogP contribution is -2.53. The second kappa shape index (κ2) is 37.5. The molecule has 0 radical (unpaired) electrons. The SMILES string of the molecule is CC(=O)Nc1ccc2c(c1)CCC(=O)N2Cc1ccc(C(O)(C(F)(F)F)C(F)(F)F)cc1.CC(=O)Nc1ccc2c(ccc(=O)n2Cc2ccc(C(O)(C(F)(F)F)C(F)(F)F)cc2)c1.CC(=O)Nc1ccc2c(ccc(=O)n2Cc2ccc(C(O)(C(F)(F)F)C(F)(F)F)cc2)c1.COCC(=O)Nc1ccc2c(c1)CCC(=O)N2Cc1ccc(C(C)(O)C(F)(F)F)cc1. The largest absolute Gasteiger partial charge is 0.430 e. The summed E-state index contributed by atoms with van der Waals surface area (Å²) in [5.74, 6) is -1.52. The molecular weight excluding hydrogens is 1740 g/mol. The molecule has 12 rings (SSSR count). The number of aliphatic hydroxyl groups is 4. The zero-order valence-corrected chi connectivity index (χ0v) is 66.5. The van der Waals surface area contributed by atoms with Crippen LogP contribution in [0.1, 0.15) is 96.2 Å². The number of nitrogens with zero attached hydrogens (tertiary/aromatic N) is 4. The van der Waals surface area contributed by atoms with Gasteiger partial charge in [0.2, 0.25) is 35.4 Å². The molecule has 10 aromatic rings. The summed E-state index contributed by atoms with van der Waals surface area (Å²) in [6.07, 6.45) is -39.3. The minimum absolute atomic E-state index is 0.0705. The molecule has 0 fully saturated rings. The van der Waals surface area contributed by atoms with E-state index in [1.807, 2.05) is 0 Å². The van der Waals surface area contributed by atoms with E-state index in [1.54, 1.807) is 77.7 Å². The highest BCUT2D eigenvalue weighted by molar-refractivity contribution is 5.99. The van der Waals surface area contributed by atoms with Crippen LogP contribution >= 0.6 is 0 Å². The summed E-state index contributed by atoms with van der Waals surface area (Å²) in [6.45, 7) is 4.42. The molecule has 678 valence electrons. The van der Waals surface area contributed by atoms with Crippen molar-refractivity contribution in [3.63, 3.8) is 0 Å². The van der Waals surface area contributed by atoms with E-state index in [0.717, 1.165) is 47.5 Å². The third-order valence-corrected chi connectivity index (χ3v) is 20.1. The van der Waals surface area contributed by atoms with Crippen molar-refractivity contribution in [3.05, 3.63) is 270 Å². The molecule has 1 atom stereocenters. The molecule has 0 saturated heterocycles. The minimum Gasteiger partial charge on any atom is -0.376 e. The summed E-state index contributed by atoms with van der Waals surface area (Å²) in [5.41, 5.74) is -16.1. The Labute approximate surface area is 704 Å². The van der Waals surface area contributed by atoms with E-state index in [2.05, 4.69) is 21.3 Å². The molecule has 6 amide bonds. The maximum Gasteiger partial charge on any atom is 0.430 e. The number of carbonyl (C=O) groups is 6. The van der Waals surface area contributed by atoms with E-state index in [0.29, 0.717) is 118 Å². The van der Waals surface area contributed by atoms with Crippen LogP contribution in [0.15, 0.2) is 204 Å². The molecule has 1 unspecified atom stereocenters. The fourth-order valence-electron chi connectivity index (χ4n) is 13.5. The van der Waals surface area contributed by atoms with Crippen molar-refractivity contribution < 1.29 is 146 Å². The summed E-state index contributed by atoms with van der Waals surface area (Å²) >= 11 is 0. The molecule has 21 nitrogen and oxygen atoms in total. The van der Waals surface area contributed by atoms with Gasteiger partial charge in [0, 0.05) is 114 Å². The van der Waals surface area contributed by atoms with Crippen LogP contribution in [0.4, 0.5) is 126 Å². The van der Waals surface area contributed by atoms with Crippen LogP contribution < -0.4 is 42.2 Å². The van der Waals surface area contributed by atoms with Crippen LogP contribution in [-0.4, -0.2) is 122 Å². The fourth-order valence-corrected chi connectivity index (χ4v) is 13.5. The molecule has 0 saturated carbocycles. The van der Waals surface area contributed by atoms with E-state index in [4.69, 9.17) is 4.74 Å². The number of benzene rings is 8. The first-order chi connectivity index (χ1) is 58.7. The van der Waals surface area contributed by atoms with Gasteiger partial charge >= 0.3 is 43.2 Å². The lowest BCUT2D eigenvalue weighted by atomic mass is 9.91. The van der Waals surface area contributed by atoms with Crippen LogP contribution in [0, 0.1) is 0 Å². The highest BCUT2D eigenvalue weighted by atomic mass is 19.4. The highest BCUT2D eigenvalue weighted by Crippen LogP contribution is 2.53. The number of hydrogen-bond acceptors (Lipinski definition) is 13. The van der Waals surface area contributed by atoms with Crippen molar-refractivity contribution in [3.8, 4) is 0 Å². The molecule has 42 heteroatoms. The number of methoxy groups -OCH3 is 1. The Morgan fingerprint density at radius 2 is 0.614 bits per heavy atom. The molecule has 2 aromatic heterocycles. The predicted octanol–water partition coefficient (Wildman–Crippen LogP) is 16.6. The van der Waals surface area contributed by atoms with E-state index in [-0.39, 0.29) is 103 Å². The van der Waals surface area contributed by atoms with Gasteiger partial charge in [-0.3, -0.25) is 38.4 Å². The van der Waals surface area contributed by atoms with Crippen LogP contribution in [-0.2, 0) is 94.9 Å². The van der Waals surface area contributed by atoms with Gasteiger partial charge in [0.15, 0.2) is 5.60 Å². The number of pyridine rings is 2. The molecule has 0 aliphatic carbocycles. The van der Waals surface area contributed by atoms with Gasteiger partial charge in [-0.25, -0.2) is 0 Å². The molecule has 0 spiro atoms. The maximum absolute atomic E-state index is 13.0. The Kier molecular flexibility index (Phi) is 29.0. The fraction of sp³-hybridized carbons (Fsp3) is 0.294. The summed E-state index contributed by atoms with van der Waals surface area (Å²) in [7, 11) is 1.42. The topological polar surface area (TPSA) is 291 Å². The Balaban J connectivity index is 0.000000191. The zero-order valence-electron chi connectivity index (χ0n) is 66.5. The predicted molar refractivity (Wildman–Crippen MR) is 419 cm³/mol. The number of anilines is 6. The lowest BCUT2D eigenvalue weighted by Gasteiger charge is -2.33. The number of amides is 6. The lowest BCUT2D eigenvalue weighted by molar-refractivity contribution is -0.376. The number of ether oxygens (including phenoxy) is 1. The first-order valence-corrected chi connectivity index (χ1v) is 37.2. The van der Waals surface area contributed by atoms with Crippen molar-refractivity contribution in [1.82, 2.24) is 9.13 Å². The standard InChI is InChI=1S/C22H23F3N2O4.C21H18F6N2O3.2C21H16F6N2O3/c1-21(30,22(23,24)25)16-6-3-14(4-7-16)12-27-18-9-8-17(26-19(28)13-31-2)11-15(18)5-10-20(27)29;3*1-12(30)28-16-7-8-17-14(10-16)4-9-18(31)29(17)11-13-2-5-15(6-3-13)19(32,20(22,23)24)21(25,26)27/h3-4,6-9,11,30H,5,10,12-13H2,1-2H3,(H,26,28);2-3,5-8,10,32H,4,9,11H2,1H3,(H,28,30);2*2-10,32H,11H2,1H3,(H,28,30). The normalized spacial score (nSPS) is 14.1. The molecular formula is C85H73F21N8O13. The zero-order chi connectivity index (χ0) is 94.5. The summed E-state index contributed by atoms with van der Waals surface area (Å²) in [4.78, 5) is 97.9. The number of aryl methyl sites for hydroxylation is 2. The summed E-state index contributed by atoms with van der Waals surface area (Å²) < 4.78 is 281. The number of hydrogen-bond donors (Lipinski definition) is 8.